The number of carbonyl (C=O) groups is 1. The summed E-state index contributed by atoms with van der Waals surface area (Å²) in [4.78, 5) is 11.6. The number of halogens is 1. The molecule has 0 fully saturated rings. The van der Waals surface area contributed by atoms with Crippen molar-refractivity contribution in [3.8, 4) is 0 Å². The maximum Gasteiger partial charge on any atom is 0.151 e. The lowest BCUT2D eigenvalue weighted by molar-refractivity contribution is 0.112. The first kappa shape index (κ1) is 11.6. The summed E-state index contributed by atoms with van der Waals surface area (Å²) >= 11 is 7.69. The summed E-state index contributed by atoms with van der Waals surface area (Å²) in [6.07, 6.45) is 1.90. The van der Waals surface area contributed by atoms with E-state index in [4.69, 9.17) is 11.6 Å². The van der Waals surface area contributed by atoms with Crippen molar-refractivity contribution in [2.24, 2.45) is 0 Å². The molecule has 3 heteroatoms. The van der Waals surface area contributed by atoms with Gasteiger partial charge >= 0.3 is 0 Å². The van der Waals surface area contributed by atoms with Crippen LogP contribution in [0.1, 0.15) is 30.6 Å². The molecule has 0 N–H and O–H groups in total. The average Bonchev–Trinajstić information content (AvgIpc) is 2.18. The third kappa shape index (κ3) is 3.03. The lowest BCUT2D eigenvalue weighted by Gasteiger charge is -2.08. The lowest BCUT2D eigenvalue weighted by Crippen LogP contribution is -1.92. The van der Waals surface area contributed by atoms with Gasteiger partial charge in [-0.15, -0.1) is 11.8 Å². The Morgan fingerprint density at radius 1 is 1.57 bits per heavy atom. The molecule has 0 radical (unpaired) electrons. The normalized spacial score (nSPS) is 12.5. The average molecular weight is 229 g/mol. The first-order valence-corrected chi connectivity index (χ1v) is 5.84. The summed E-state index contributed by atoms with van der Waals surface area (Å²) in [6.45, 7) is 4.32. The summed E-state index contributed by atoms with van der Waals surface area (Å²) in [7, 11) is 0. The van der Waals surface area contributed by atoms with E-state index in [9.17, 15) is 4.79 Å². The van der Waals surface area contributed by atoms with Crippen LogP contribution in [0.2, 0.25) is 5.02 Å². The molecule has 1 nitrogen and oxygen atoms in total. The fourth-order valence-corrected chi connectivity index (χ4v) is 2.25. The maximum absolute atomic E-state index is 10.5. The van der Waals surface area contributed by atoms with Gasteiger partial charge in [-0.25, -0.2) is 0 Å². The van der Waals surface area contributed by atoms with E-state index < -0.39 is 0 Å². The molecule has 1 aromatic rings. The SMILES string of the molecule is CCC(C)Sc1ccc(C=O)c(Cl)c1. The van der Waals surface area contributed by atoms with Crippen molar-refractivity contribution in [2.75, 3.05) is 0 Å². The van der Waals surface area contributed by atoms with Gasteiger partial charge in [0.1, 0.15) is 0 Å². The van der Waals surface area contributed by atoms with Crippen molar-refractivity contribution in [3.05, 3.63) is 28.8 Å². The second-order valence-corrected chi connectivity index (χ2v) is 5.06. The minimum Gasteiger partial charge on any atom is -0.298 e. The summed E-state index contributed by atoms with van der Waals surface area (Å²) < 4.78 is 0. The number of carbonyl (C=O) groups excluding carboxylic acids is 1. The molecule has 1 rings (SSSR count). The number of rotatable bonds is 4. The number of benzene rings is 1. The van der Waals surface area contributed by atoms with Gasteiger partial charge < -0.3 is 0 Å². The van der Waals surface area contributed by atoms with Gasteiger partial charge in [-0.2, -0.15) is 0 Å². The topological polar surface area (TPSA) is 17.1 Å². The van der Waals surface area contributed by atoms with Gasteiger partial charge in [-0.05, 0) is 24.6 Å². The molecule has 0 aliphatic heterocycles. The van der Waals surface area contributed by atoms with E-state index in [1.165, 1.54) is 0 Å². The van der Waals surface area contributed by atoms with Crippen LogP contribution in [0.4, 0.5) is 0 Å². The first-order chi connectivity index (χ1) is 6.67. The third-order valence-electron chi connectivity index (χ3n) is 2.01. The largest absolute Gasteiger partial charge is 0.298 e. The van der Waals surface area contributed by atoms with Gasteiger partial charge in [-0.3, -0.25) is 4.79 Å². The Morgan fingerprint density at radius 2 is 2.29 bits per heavy atom. The van der Waals surface area contributed by atoms with Gasteiger partial charge in [0.05, 0.1) is 5.02 Å². The minimum absolute atomic E-state index is 0.535. The Kier molecular flexibility index (Phi) is 4.49. The van der Waals surface area contributed by atoms with Crippen molar-refractivity contribution in [1.82, 2.24) is 0 Å². The molecule has 0 bridgehead atoms. The molecular weight excluding hydrogens is 216 g/mol. The van der Waals surface area contributed by atoms with Gasteiger partial charge in [0.15, 0.2) is 6.29 Å². The van der Waals surface area contributed by atoms with Crippen LogP contribution in [-0.4, -0.2) is 11.5 Å². The van der Waals surface area contributed by atoms with E-state index >= 15 is 0 Å². The molecule has 0 aliphatic carbocycles. The Balaban J connectivity index is 2.81. The Hall–Kier alpha value is -0.470. The number of hydrogen-bond acceptors (Lipinski definition) is 2. The van der Waals surface area contributed by atoms with Crippen LogP contribution in [-0.2, 0) is 0 Å². The molecule has 14 heavy (non-hydrogen) atoms. The van der Waals surface area contributed by atoms with E-state index in [0.29, 0.717) is 15.8 Å². The van der Waals surface area contributed by atoms with Crippen LogP contribution in [0.15, 0.2) is 23.1 Å². The Labute approximate surface area is 93.8 Å². The van der Waals surface area contributed by atoms with Crippen molar-refractivity contribution < 1.29 is 4.79 Å². The molecule has 0 amide bonds. The van der Waals surface area contributed by atoms with Crippen molar-refractivity contribution in [1.29, 1.82) is 0 Å². The third-order valence-corrected chi connectivity index (χ3v) is 3.60. The van der Waals surface area contributed by atoms with Crippen LogP contribution >= 0.6 is 23.4 Å². The van der Waals surface area contributed by atoms with Gasteiger partial charge in [-0.1, -0.05) is 25.4 Å². The highest BCUT2D eigenvalue weighted by molar-refractivity contribution is 7.99. The maximum atomic E-state index is 10.5. The quantitative estimate of drug-likeness (QED) is 0.572. The molecule has 0 saturated carbocycles. The van der Waals surface area contributed by atoms with E-state index in [1.54, 1.807) is 17.8 Å². The molecular formula is C11H13ClOS. The lowest BCUT2D eigenvalue weighted by atomic mass is 10.2. The molecule has 76 valence electrons. The molecule has 1 aromatic carbocycles. The summed E-state index contributed by atoms with van der Waals surface area (Å²) in [6, 6.07) is 5.55. The molecule has 0 spiro atoms. The van der Waals surface area contributed by atoms with Crippen LogP contribution in [0.5, 0.6) is 0 Å². The second-order valence-electron chi connectivity index (χ2n) is 3.14. The monoisotopic (exact) mass is 228 g/mol. The fourth-order valence-electron chi connectivity index (χ4n) is 0.992. The van der Waals surface area contributed by atoms with Crippen molar-refractivity contribution in [2.45, 2.75) is 30.4 Å². The number of thioether (sulfide) groups is 1. The van der Waals surface area contributed by atoms with Crippen LogP contribution in [0, 0.1) is 0 Å². The molecule has 0 aromatic heterocycles. The molecule has 0 heterocycles. The predicted octanol–water partition coefficient (Wildman–Crippen LogP) is 4.04. The van der Waals surface area contributed by atoms with E-state index in [1.807, 2.05) is 12.1 Å². The molecule has 1 unspecified atom stereocenters. The van der Waals surface area contributed by atoms with Gasteiger partial charge in [0.2, 0.25) is 0 Å². The zero-order chi connectivity index (χ0) is 10.6. The number of hydrogen-bond donors (Lipinski definition) is 0. The highest BCUT2D eigenvalue weighted by atomic mass is 35.5. The predicted molar refractivity (Wildman–Crippen MR) is 62.4 cm³/mol. The van der Waals surface area contributed by atoms with Crippen molar-refractivity contribution in [3.63, 3.8) is 0 Å². The number of aldehydes is 1. The highest BCUT2D eigenvalue weighted by Gasteiger charge is 2.04. The standard InChI is InChI=1S/C11H13ClOS/c1-3-8(2)14-10-5-4-9(7-13)11(12)6-10/h4-8H,3H2,1-2H3. The van der Waals surface area contributed by atoms with E-state index in [2.05, 4.69) is 13.8 Å². The van der Waals surface area contributed by atoms with Gasteiger partial charge in [0, 0.05) is 15.7 Å². The minimum atomic E-state index is 0.535. The fraction of sp³-hybridized carbons (Fsp3) is 0.364. The summed E-state index contributed by atoms with van der Waals surface area (Å²) in [5.74, 6) is 0. The molecule has 0 saturated heterocycles. The first-order valence-electron chi connectivity index (χ1n) is 4.58. The van der Waals surface area contributed by atoms with E-state index in [-0.39, 0.29) is 0 Å². The summed E-state index contributed by atoms with van der Waals surface area (Å²) in [5, 5.41) is 1.11. The molecule has 0 aliphatic rings. The van der Waals surface area contributed by atoms with E-state index in [0.717, 1.165) is 17.6 Å². The van der Waals surface area contributed by atoms with Gasteiger partial charge in [0.25, 0.3) is 0 Å². The summed E-state index contributed by atoms with van der Waals surface area (Å²) in [5.41, 5.74) is 0.556. The van der Waals surface area contributed by atoms with Crippen LogP contribution < -0.4 is 0 Å². The zero-order valence-corrected chi connectivity index (χ0v) is 9.86. The second kappa shape index (κ2) is 5.42. The van der Waals surface area contributed by atoms with Crippen LogP contribution in [0.3, 0.4) is 0 Å². The Morgan fingerprint density at radius 3 is 2.79 bits per heavy atom. The van der Waals surface area contributed by atoms with Crippen molar-refractivity contribution >= 4 is 29.6 Å². The smallest absolute Gasteiger partial charge is 0.151 e. The molecule has 1 atom stereocenters. The van der Waals surface area contributed by atoms with Crippen LogP contribution in [0.25, 0.3) is 0 Å². The Bertz CT molecular complexity index is 325. The highest BCUT2D eigenvalue weighted by Crippen LogP contribution is 2.28. The zero-order valence-electron chi connectivity index (χ0n) is 8.29.